The molecule has 9 nitrogen and oxygen atoms in total. The third kappa shape index (κ3) is 11.6. The quantitative estimate of drug-likeness (QED) is 0.362. The Labute approximate surface area is 243 Å². The van der Waals surface area contributed by atoms with Gasteiger partial charge in [-0.15, -0.1) is 0 Å². The molecule has 10 heteroatoms. The fraction of sp³-hybridized carbons (Fsp3) is 0.581. The summed E-state index contributed by atoms with van der Waals surface area (Å²) in [6.07, 6.45) is 0.329. The van der Waals surface area contributed by atoms with Gasteiger partial charge >= 0.3 is 12.2 Å². The summed E-state index contributed by atoms with van der Waals surface area (Å²) in [5.41, 5.74) is 1.46. The van der Waals surface area contributed by atoms with Crippen LogP contribution >= 0.6 is 0 Å². The summed E-state index contributed by atoms with van der Waals surface area (Å²) in [6.45, 7) is 15.5. The van der Waals surface area contributed by atoms with E-state index in [0.29, 0.717) is 51.5 Å². The number of benzene rings is 1. The molecule has 2 amide bonds. The molecule has 2 heterocycles. The number of rotatable bonds is 10. The van der Waals surface area contributed by atoms with Gasteiger partial charge in [0.2, 0.25) is 0 Å². The molecule has 2 aromatic rings. The molecule has 1 aliphatic rings. The Kier molecular flexibility index (Phi) is 11.1. The van der Waals surface area contributed by atoms with Crippen LogP contribution in [0, 0.1) is 18.7 Å². The molecule has 1 fully saturated rings. The van der Waals surface area contributed by atoms with Crippen molar-refractivity contribution in [3.8, 4) is 0 Å². The molecule has 0 unspecified atom stereocenters. The molecule has 226 valence electrons. The highest BCUT2D eigenvalue weighted by Crippen LogP contribution is 2.24. The third-order valence-electron chi connectivity index (χ3n) is 6.29. The van der Waals surface area contributed by atoms with Crippen LogP contribution in [0.4, 0.5) is 19.8 Å². The van der Waals surface area contributed by atoms with E-state index < -0.39 is 17.3 Å². The Morgan fingerprint density at radius 1 is 1.02 bits per heavy atom. The van der Waals surface area contributed by atoms with Crippen molar-refractivity contribution in [1.82, 2.24) is 15.2 Å². The van der Waals surface area contributed by atoms with E-state index in [4.69, 9.17) is 14.2 Å². The van der Waals surface area contributed by atoms with E-state index in [-0.39, 0.29) is 23.9 Å². The monoisotopic (exact) mass is 572 g/mol. The number of nitrogens with zero attached hydrogens (tertiary/aromatic N) is 2. The Hall–Kier alpha value is -3.24. The molecule has 1 aliphatic heterocycles. The van der Waals surface area contributed by atoms with E-state index in [1.807, 2.05) is 39.8 Å². The second kappa shape index (κ2) is 14.1. The van der Waals surface area contributed by atoms with Crippen LogP contribution in [0.5, 0.6) is 0 Å². The van der Waals surface area contributed by atoms with Crippen LogP contribution < -0.4 is 10.6 Å². The molecule has 0 spiro atoms. The average Bonchev–Trinajstić information content (AvgIpc) is 3.21. The van der Waals surface area contributed by atoms with Crippen LogP contribution in [0.3, 0.4) is 0 Å². The molecule has 0 bridgehead atoms. The van der Waals surface area contributed by atoms with Gasteiger partial charge in [-0.2, -0.15) is 0 Å². The summed E-state index contributed by atoms with van der Waals surface area (Å²) in [7, 11) is 0. The summed E-state index contributed by atoms with van der Waals surface area (Å²) in [5, 5.41) is 6.27. The number of carbonyl (C=O) groups excluding carboxylic acids is 2. The molecule has 1 aromatic carbocycles. The van der Waals surface area contributed by atoms with Gasteiger partial charge in [0.1, 0.15) is 22.8 Å². The average molecular weight is 573 g/mol. The van der Waals surface area contributed by atoms with Gasteiger partial charge in [-0.3, -0.25) is 5.32 Å². The maximum absolute atomic E-state index is 13.4. The van der Waals surface area contributed by atoms with Crippen molar-refractivity contribution < 1.29 is 28.2 Å². The molecule has 2 N–H and O–H groups in total. The number of halogens is 1. The third-order valence-corrected chi connectivity index (χ3v) is 6.29. The number of aryl methyl sites for hydroxylation is 1. The molecule has 3 rings (SSSR count). The molecule has 0 aliphatic carbocycles. The number of aromatic nitrogens is 1. The lowest BCUT2D eigenvalue weighted by molar-refractivity contribution is 0.0285. The largest absolute Gasteiger partial charge is 0.444 e. The van der Waals surface area contributed by atoms with E-state index in [1.165, 1.54) is 12.1 Å². The van der Waals surface area contributed by atoms with Crippen LogP contribution in [0.1, 0.15) is 58.4 Å². The smallest absolute Gasteiger partial charge is 0.413 e. The van der Waals surface area contributed by atoms with Gasteiger partial charge in [0.05, 0.1) is 13.2 Å². The minimum Gasteiger partial charge on any atom is -0.444 e. The van der Waals surface area contributed by atoms with Gasteiger partial charge < -0.3 is 24.4 Å². The Morgan fingerprint density at radius 2 is 1.76 bits per heavy atom. The number of anilines is 1. The van der Waals surface area contributed by atoms with Gasteiger partial charge in [0.15, 0.2) is 0 Å². The number of ether oxygens (including phenoxy) is 3. The molecular weight excluding hydrogens is 527 g/mol. The van der Waals surface area contributed by atoms with Crippen molar-refractivity contribution in [1.29, 1.82) is 0 Å². The van der Waals surface area contributed by atoms with Crippen molar-refractivity contribution in [2.24, 2.45) is 5.92 Å². The first-order valence-corrected chi connectivity index (χ1v) is 14.2. The summed E-state index contributed by atoms with van der Waals surface area (Å²) >= 11 is 0. The number of nitrogens with one attached hydrogen (secondary N) is 2. The molecule has 0 radical (unpaired) electrons. The Bertz CT molecular complexity index is 1180. The molecule has 1 aromatic heterocycles. The van der Waals surface area contributed by atoms with E-state index in [1.54, 1.807) is 37.8 Å². The number of hydrogen-bond acceptors (Lipinski definition) is 7. The van der Waals surface area contributed by atoms with Crippen LogP contribution in [-0.4, -0.2) is 72.2 Å². The van der Waals surface area contributed by atoms with Crippen molar-refractivity contribution >= 4 is 18.0 Å². The summed E-state index contributed by atoms with van der Waals surface area (Å²) in [6, 6.07) is 10.3. The number of carbonyl (C=O) groups is 2. The van der Waals surface area contributed by atoms with Gasteiger partial charge in [-0.25, -0.2) is 19.0 Å². The van der Waals surface area contributed by atoms with E-state index in [2.05, 4.69) is 15.6 Å². The van der Waals surface area contributed by atoms with Gasteiger partial charge in [-0.05, 0) is 103 Å². The fourth-order valence-electron chi connectivity index (χ4n) is 4.67. The maximum atomic E-state index is 13.4. The van der Waals surface area contributed by atoms with Crippen molar-refractivity contribution in [2.75, 3.05) is 38.2 Å². The Morgan fingerprint density at radius 3 is 2.44 bits per heavy atom. The zero-order valence-electron chi connectivity index (χ0n) is 25.4. The predicted molar refractivity (Wildman–Crippen MR) is 157 cm³/mol. The summed E-state index contributed by atoms with van der Waals surface area (Å²) in [4.78, 5) is 31.6. The summed E-state index contributed by atoms with van der Waals surface area (Å²) < 4.78 is 30.2. The number of hydrogen-bond donors (Lipinski definition) is 2. The van der Waals surface area contributed by atoms with Crippen molar-refractivity contribution in [3.05, 3.63) is 59.0 Å². The minimum absolute atomic E-state index is 0.00100. The SMILES string of the molecule is Cc1cc(C[C@H]2CN(C(=O)OC(C)(C)C)C[C@H]2NCCOCCc2cccc(F)c2)nc(NC(=O)OC(C)(C)C)c1. The second-order valence-corrected chi connectivity index (χ2v) is 12.6. The van der Waals surface area contributed by atoms with Crippen molar-refractivity contribution in [2.45, 2.75) is 78.6 Å². The lowest BCUT2D eigenvalue weighted by Gasteiger charge is -2.24. The first-order chi connectivity index (χ1) is 19.2. The van der Waals surface area contributed by atoms with Crippen LogP contribution in [0.2, 0.25) is 0 Å². The Balaban J connectivity index is 1.61. The molecule has 41 heavy (non-hydrogen) atoms. The molecule has 1 saturated heterocycles. The highest BCUT2D eigenvalue weighted by molar-refractivity contribution is 5.83. The molecule has 0 saturated carbocycles. The van der Waals surface area contributed by atoms with Crippen LogP contribution in [-0.2, 0) is 27.1 Å². The number of pyridine rings is 1. The second-order valence-electron chi connectivity index (χ2n) is 12.6. The number of amides is 2. The van der Waals surface area contributed by atoms with Crippen molar-refractivity contribution in [3.63, 3.8) is 0 Å². The standard InChI is InChI=1S/C31H45FN4O5/c1-21-15-25(34-27(16-21)35-28(37)40-30(2,3)4)18-23-19-36(29(38)41-31(5,6)7)20-26(23)33-12-14-39-13-11-22-9-8-10-24(32)17-22/h8-10,15-17,23,26,33H,11-14,18-20H2,1-7H3,(H,34,35,37)/t23-,26+/m0/s1. The molecule has 2 atom stereocenters. The normalized spacial score (nSPS) is 17.4. The van der Waals surface area contributed by atoms with Crippen LogP contribution in [0.15, 0.2) is 36.4 Å². The first kappa shape index (κ1) is 32.3. The topological polar surface area (TPSA) is 102 Å². The van der Waals surface area contributed by atoms with E-state index in [9.17, 15) is 14.0 Å². The van der Waals surface area contributed by atoms with Gasteiger partial charge in [0.25, 0.3) is 0 Å². The molecular formula is C31H45FN4O5. The van der Waals surface area contributed by atoms with Gasteiger partial charge in [0, 0.05) is 31.4 Å². The van der Waals surface area contributed by atoms with Crippen LogP contribution in [0.25, 0.3) is 0 Å². The fourth-order valence-corrected chi connectivity index (χ4v) is 4.67. The highest BCUT2D eigenvalue weighted by atomic mass is 19.1. The lowest BCUT2D eigenvalue weighted by atomic mass is 9.97. The number of likely N-dealkylation sites (tertiary alicyclic amines) is 1. The van der Waals surface area contributed by atoms with E-state index in [0.717, 1.165) is 16.8 Å². The first-order valence-electron chi connectivity index (χ1n) is 14.2. The highest BCUT2D eigenvalue weighted by Gasteiger charge is 2.37. The van der Waals surface area contributed by atoms with Gasteiger partial charge in [-0.1, -0.05) is 12.1 Å². The zero-order valence-corrected chi connectivity index (χ0v) is 25.4. The predicted octanol–water partition coefficient (Wildman–Crippen LogP) is 5.50. The zero-order chi connectivity index (χ0) is 30.2. The lowest BCUT2D eigenvalue weighted by Crippen LogP contribution is -2.40. The summed E-state index contributed by atoms with van der Waals surface area (Å²) in [5.74, 6) is 0.243. The maximum Gasteiger partial charge on any atom is 0.413 e. The van der Waals surface area contributed by atoms with E-state index >= 15 is 0 Å². The minimum atomic E-state index is -0.617.